The lowest BCUT2D eigenvalue weighted by atomic mass is 10.3. The number of amides is 2. The van der Waals surface area contributed by atoms with Gasteiger partial charge in [0.05, 0.1) is 9.40 Å². The van der Waals surface area contributed by atoms with Crippen LogP contribution in [0.15, 0.2) is 36.4 Å². The first-order valence-corrected chi connectivity index (χ1v) is 9.90. The van der Waals surface area contributed by atoms with Crippen molar-refractivity contribution in [2.75, 3.05) is 23.8 Å². The van der Waals surface area contributed by atoms with Gasteiger partial charge in [0, 0.05) is 0 Å². The second kappa shape index (κ2) is 8.15. The molecule has 0 bridgehead atoms. The highest BCUT2D eigenvalue weighted by atomic mass is 32.1. The summed E-state index contributed by atoms with van der Waals surface area (Å²) in [5.74, 6) is -2.00. The average molecular weight is 434 g/mol. The molecule has 0 spiro atoms. The van der Waals surface area contributed by atoms with E-state index in [0.29, 0.717) is 9.40 Å². The van der Waals surface area contributed by atoms with Crippen molar-refractivity contribution >= 4 is 65.2 Å². The van der Waals surface area contributed by atoms with Gasteiger partial charge in [-0.15, -0.1) is 0 Å². The van der Waals surface area contributed by atoms with Crippen molar-refractivity contribution in [2.45, 2.75) is 0 Å². The molecule has 2 aromatic carbocycles. The molecule has 0 aliphatic carbocycles. The van der Waals surface area contributed by atoms with E-state index < -0.39 is 23.4 Å². The molecule has 0 radical (unpaired) electrons. The van der Waals surface area contributed by atoms with Crippen molar-refractivity contribution in [2.24, 2.45) is 0 Å². The summed E-state index contributed by atoms with van der Waals surface area (Å²) in [6, 6.07) is 9.08. The molecule has 4 aromatic rings. The number of carbonyl (C=O) groups excluding carboxylic acids is 2. The number of nitrogens with one attached hydrogen (secondary N) is 2. The van der Waals surface area contributed by atoms with Crippen LogP contribution in [0.5, 0.6) is 0 Å². The third-order valence-corrected chi connectivity index (χ3v) is 5.57. The van der Waals surface area contributed by atoms with E-state index >= 15 is 0 Å². The number of benzene rings is 2. The number of aromatic nitrogens is 2. The highest BCUT2D eigenvalue weighted by Gasteiger charge is 2.13. The molecule has 11 heteroatoms. The van der Waals surface area contributed by atoms with Crippen LogP contribution in [-0.4, -0.2) is 35.0 Å². The molecular weight excluding hydrogens is 422 g/mol. The number of hydrogen-bond acceptors (Lipinski definition) is 7. The minimum atomic E-state index is -0.528. The molecule has 4 rings (SSSR count). The molecule has 0 aliphatic heterocycles. The van der Waals surface area contributed by atoms with Crippen LogP contribution >= 0.6 is 22.7 Å². The van der Waals surface area contributed by atoms with Crippen LogP contribution in [0.3, 0.4) is 0 Å². The van der Waals surface area contributed by atoms with Crippen LogP contribution in [0.4, 0.5) is 19.0 Å². The Morgan fingerprint density at radius 1 is 0.828 bits per heavy atom. The first-order valence-electron chi connectivity index (χ1n) is 8.27. The fourth-order valence-corrected chi connectivity index (χ4v) is 4.28. The van der Waals surface area contributed by atoms with Gasteiger partial charge in [0.15, 0.2) is 10.3 Å². The number of rotatable bonds is 6. The molecule has 148 valence electrons. The lowest BCUT2D eigenvalue weighted by Gasteiger charge is -2.04. The maximum absolute atomic E-state index is 13.6. The van der Waals surface area contributed by atoms with Gasteiger partial charge in [-0.25, -0.2) is 18.7 Å². The summed E-state index contributed by atoms with van der Waals surface area (Å²) in [6.45, 7) is -0.777. The van der Waals surface area contributed by atoms with E-state index in [1.54, 1.807) is 24.3 Å². The fraction of sp³-hybridized carbons (Fsp3) is 0.111. The molecule has 0 saturated carbocycles. The predicted molar refractivity (Wildman–Crippen MR) is 107 cm³/mol. The van der Waals surface area contributed by atoms with E-state index in [1.165, 1.54) is 12.1 Å². The number of carbonyl (C=O) groups is 2. The number of thiazole rings is 2. The van der Waals surface area contributed by atoms with Crippen LogP contribution in [0.2, 0.25) is 0 Å². The SMILES string of the molecule is O=C(COCC(=O)Nc1nc2c(F)cccc2s1)Nc1nc2c(F)cccc2s1. The van der Waals surface area contributed by atoms with E-state index in [-0.39, 0.29) is 34.5 Å². The minimum absolute atomic E-state index is 0.181. The summed E-state index contributed by atoms with van der Waals surface area (Å²) in [6.07, 6.45) is 0. The van der Waals surface area contributed by atoms with Gasteiger partial charge in [0.1, 0.15) is 35.9 Å². The molecule has 2 aromatic heterocycles. The molecule has 7 nitrogen and oxygen atoms in total. The zero-order chi connectivity index (χ0) is 20.4. The molecular formula is C18H12F2N4O3S2. The molecule has 0 fully saturated rings. The average Bonchev–Trinajstić information content (AvgIpc) is 3.26. The van der Waals surface area contributed by atoms with Gasteiger partial charge < -0.3 is 4.74 Å². The first kappa shape index (κ1) is 19.3. The van der Waals surface area contributed by atoms with Gasteiger partial charge in [0.2, 0.25) is 0 Å². The van der Waals surface area contributed by atoms with Crippen molar-refractivity contribution in [3.05, 3.63) is 48.0 Å². The Balaban J connectivity index is 1.27. The van der Waals surface area contributed by atoms with E-state index in [2.05, 4.69) is 20.6 Å². The molecule has 0 unspecified atom stereocenters. The van der Waals surface area contributed by atoms with Crippen LogP contribution in [0.1, 0.15) is 0 Å². The summed E-state index contributed by atoms with van der Waals surface area (Å²) < 4.78 is 33.6. The summed E-state index contributed by atoms with van der Waals surface area (Å²) in [5.41, 5.74) is 0.362. The molecule has 2 N–H and O–H groups in total. The molecule has 2 heterocycles. The fourth-order valence-electron chi connectivity index (χ4n) is 2.48. The van der Waals surface area contributed by atoms with E-state index in [4.69, 9.17) is 4.74 Å². The quantitative estimate of drug-likeness (QED) is 0.482. The zero-order valence-corrected chi connectivity index (χ0v) is 16.2. The van der Waals surface area contributed by atoms with E-state index in [1.807, 2.05) is 0 Å². The van der Waals surface area contributed by atoms with Gasteiger partial charge in [-0.3, -0.25) is 20.2 Å². The van der Waals surface area contributed by atoms with Crippen LogP contribution < -0.4 is 10.6 Å². The number of para-hydroxylation sites is 2. The van der Waals surface area contributed by atoms with Crippen molar-refractivity contribution in [3.8, 4) is 0 Å². The molecule has 2 amide bonds. The number of halogens is 2. The van der Waals surface area contributed by atoms with Crippen LogP contribution in [-0.2, 0) is 14.3 Å². The topological polar surface area (TPSA) is 93.2 Å². The lowest BCUT2D eigenvalue weighted by molar-refractivity contribution is -0.125. The Hall–Kier alpha value is -3.02. The van der Waals surface area contributed by atoms with Gasteiger partial charge in [-0.05, 0) is 24.3 Å². The predicted octanol–water partition coefficient (Wildman–Crippen LogP) is 3.78. The summed E-state index contributed by atoms with van der Waals surface area (Å²) in [5, 5.41) is 5.47. The van der Waals surface area contributed by atoms with Crippen LogP contribution in [0.25, 0.3) is 20.4 Å². The number of fused-ring (bicyclic) bond motifs is 2. The maximum atomic E-state index is 13.6. The number of anilines is 2. The number of nitrogens with zero attached hydrogens (tertiary/aromatic N) is 2. The van der Waals surface area contributed by atoms with Gasteiger partial charge in [0.25, 0.3) is 11.8 Å². The monoisotopic (exact) mass is 434 g/mol. The Morgan fingerprint density at radius 3 is 1.69 bits per heavy atom. The Morgan fingerprint density at radius 2 is 1.28 bits per heavy atom. The van der Waals surface area contributed by atoms with Crippen molar-refractivity contribution < 1.29 is 23.1 Å². The second-order valence-electron chi connectivity index (χ2n) is 5.80. The standard InChI is InChI=1S/C18H12F2N4O3S2/c19-9-3-1-5-11-15(9)23-17(28-11)21-13(25)7-27-8-14(26)22-18-24-16-10(20)4-2-6-12(16)29-18/h1-6H,7-8H2,(H,21,23,25)(H,22,24,26). The van der Waals surface area contributed by atoms with Gasteiger partial charge in [-0.2, -0.15) is 0 Å². The summed E-state index contributed by atoms with van der Waals surface area (Å²) >= 11 is 2.26. The lowest BCUT2D eigenvalue weighted by Crippen LogP contribution is -2.23. The third-order valence-electron chi connectivity index (χ3n) is 3.70. The number of ether oxygens (including phenoxy) is 1. The molecule has 0 aliphatic rings. The second-order valence-corrected chi connectivity index (χ2v) is 7.86. The number of hydrogen-bond donors (Lipinski definition) is 2. The Bertz CT molecular complexity index is 1130. The van der Waals surface area contributed by atoms with E-state index in [9.17, 15) is 18.4 Å². The van der Waals surface area contributed by atoms with Crippen LogP contribution in [0, 0.1) is 11.6 Å². The highest BCUT2D eigenvalue weighted by Crippen LogP contribution is 2.28. The van der Waals surface area contributed by atoms with Gasteiger partial charge in [-0.1, -0.05) is 34.8 Å². The van der Waals surface area contributed by atoms with Gasteiger partial charge >= 0.3 is 0 Å². The normalized spacial score (nSPS) is 11.1. The smallest absolute Gasteiger partial charge is 0.252 e. The Labute approximate surface area is 170 Å². The van der Waals surface area contributed by atoms with Crippen molar-refractivity contribution in [1.29, 1.82) is 0 Å². The minimum Gasteiger partial charge on any atom is -0.362 e. The summed E-state index contributed by atoms with van der Waals surface area (Å²) in [7, 11) is 0. The third kappa shape index (κ3) is 4.36. The van der Waals surface area contributed by atoms with Crippen molar-refractivity contribution in [3.63, 3.8) is 0 Å². The molecule has 29 heavy (non-hydrogen) atoms. The summed E-state index contributed by atoms with van der Waals surface area (Å²) in [4.78, 5) is 31.9. The molecule has 0 saturated heterocycles. The maximum Gasteiger partial charge on any atom is 0.252 e. The Kier molecular flexibility index (Phi) is 5.43. The highest BCUT2D eigenvalue weighted by molar-refractivity contribution is 7.22. The van der Waals surface area contributed by atoms with Crippen molar-refractivity contribution in [1.82, 2.24) is 9.97 Å². The van der Waals surface area contributed by atoms with E-state index in [0.717, 1.165) is 22.7 Å². The zero-order valence-electron chi connectivity index (χ0n) is 14.6. The largest absolute Gasteiger partial charge is 0.362 e. The molecule has 0 atom stereocenters. The first-order chi connectivity index (χ1) is 14.0.